The van der Waals surface area contributed by atoms with Gasteiger partial charge in [-0.25, -0.2) is 0 Å². The quantitative estimate of drug-likeness (QED) is 0.625. The molecular formula is C20H25N3O4S. The molecule has 2 aromatic rings. The molecule has 0 radical (unpaired) electrons. The van der Waals surface area contributed by atoms with Crippen LogP contribution in [-0.2, 0) is 16.0 Å². The lowest BCUT2D eigenvalue weighted by Crippen LogP contribution is -2.55. The predicted octanol–water partition coefficient (Wildman–Crippen LogP) is 0.477. The molecule has 3 N–H and O–H groups in total. The first-order valence-electron chi connectivity index (χ1n) is 9.31. The molecule has 0 bridgehead atoms. The Morgan fingerprint density at radius 1 is 1.00 bits per heavy atom. The van der Waals surface area contributed by atoms with Crippen molar-refractivity contribution < 1.29 is 19.8 Å². The van der Waals surface area contributed by atoms with Crippen LogP contribution < -0.4 is 10.2 Å². The van der Waals surface area contributed by atoms with Crippen LogP contribution in [0.5, 0.6) is 0 Å². The highest BCUT2D eigenvalue weighted by Gasteiger charge is 2.34. The normalized spacial score (nSPS) is 16.5. The van der Waals surface area contributed by atoms with Gasteiger partial charge >= 0.3 is 0 Å². The van der Waals surface area contributed by atoms with E-state index < -0.39 is 24.0 Å². The molecule has 2 heterocycles. The van der Waals surface area contributed by atoms with Crippen molar-refractivity contribution in [2.45, 2.75) is 18.6 Å². The van der Waals surface area contributed by atoms with Gasteiger partial charge in [-0.3, -0.25) is 9.59 Å². The molecule has 1 aliphatic rings. The van der Waals surface area contributed by atoms with Crippen molar-refractivity contribution in [3.8, 4) is 0 Å². The highest BCUT2D eigenvalue weighted by Crippen LogP contribution is 2.16. The number of anilines is 1. The number of nitrogens with zero attached hydrogens (tertiary/aromatic N) is 2. The Labute approximate surface area is 168 Å². The fourth-order valence-corrected chi connectivity index (χ4v) is 3.87. The van der Waals surface area contributed by atoms with Crippen LogP contribution in [-0.4, -0.2) is 71.9 Å². The van der Waals surface area contributed by atoms with E-state index in [9.17, 15) is 19.8 Å². The van der Waals surface area contributed by atoms with Crippen molar-refractivity contribution in [3.63, 3.8) is 0 Å². The van der Waals surface area contributed by atoms with E-state index in [1.807, 2.05) is 47.8 Å². The van der Waals surface area contributed by atoms with Gasteiger partial charge in [-0.1, -0.05) is 24.3 Å². The Hall–Kier alpha value is -2.42. The summed E-state index contributed by atoms with van der Waals surface area (Å²) >= 11 is 1.58. The molecule has 0 spiro atoms. The van der Waals surface area contributed by atoms with Crippen LogP contribution in [0, 0.1) is 0 Å². The second-order valence-corrected chi connectivity index (χ2v) is 7.69. The number of aliphatic hydroxyl groups is 2. The molecule has 1 aromatic heterocycles. The van der Waals surface area contributed by atoms with Gasteiger partial charge in [0, 0.05) is 43.3 Å². The summed E-state index contributed by atoms with van der Waals surface area (Å²) in [5.41, 5.74) is 1.08. The molecule has 0 aliphatic carbocycles. The predicted molar refractivity (Wildman–Crippen MR) is 108 cm³/mol. The summed E-state index contributed by atoms with van der Waals surface area (Å²) in [6, 6.07) is 13.8. The number of para-hydroxylation sites is 1. The standard InChI is InChI=1S/C20H25N3O4S/c24-17(19(26)21-9-8-16-7-4-14-28-16)18(25)20(27)23-12-10-22(11-13-23)15-5-2-1-3-6-15/h1-7,14,17-18,24-25H,8-13H2,(H,21,26)/t17-,18-/m1/s1. The average Bonchev–Trinajstić information content (AvgIpc) is 3.26. The maximum atomic E-state index is 12.5. The molecule has 1 saturated heterocycles. The maximum absolute atomic E-state index is 12.5. The molecule has 7 nitrogen and oxygen atoms in total. The Balaban J connectivity index is 1.45. The van der Waals surface area contributed by atoms with Gasteiger partial charge in [0.25, 0.3) is 11.8 Å². The van der Waals surface area contributed by atoms with Gasteiger partial charge in [0.15, 0.2) is 12.2 Å². The van der Waals surface area contributed by atoms with Crippen molar-refractivity contribution in [1.82, 2.24) is 10.2 Å². The van der Waals surface area contributed by atoms with Crippen molar-refractivity contribution in [3.05, 3.63) is 52.7 Å². The van der Waals surface area contributed by atoms with Gasteiger partial charge in [-0.2, -0.15) is 0 Å². The van der Waals surface area contributed by atoms with E-state index in [4.69, 9.17) is 0 Å². The molecule has 3 rings (SSSR count). The van der Waals surface area contributed by atoms with Crippen molar-refractivity contribution in [2.24, 2.45) is 0 Å². The van der Waals surface area contributed by atoms with Crippen LogP contribution >= 0.6 is 11.3 Å². The SMILES string of the molecule is O=C(NCCc1cccs1)[C@H](O)[C@@H](O)C(=O)N1CCN(c2ccccc2)CC1. The van der Waals surface area contributed by atoms with Crippen molar-refractivity contribution >= 4 is 28.8 Å². The van der Waals surface area contributed by atoms with Gasteiger partial charge < -0.3 is 25.3 Å². The third kappa shape index (κ3) is 5.09. The fourth-order valence-electron chi connectivity index (χ4n) is 3.16. The molecular weight excluding hydrogens is 378 g/mol. The molecule has 1 aliphatic heterocycles. The summed E-state index contributed by atoms with van der Waals surface area (Å²) in [6.45, 7) is 2.46. The van der Waals surface area contributed by atoms with Crippen LogP contribution in [0.4, 0.5) is 5.69 Å². The Bertz CT molecular complexity index is 761. The van der Waals surface area contributed by atoms with Crippen LogP contribution in [0.2, 0.25) is 0 Å². The summed E-state index contributed by atoms with van der Waals surface area (Å²) in [6.07, 6.45) is -2.89. The first kappa shape index (κ1) is 20.3. The third-order valence-corrected chi connectivity index (χ3v) is 5.72. The number of carbonyl (C=O) groups is 2. The first-order chi connectivity index (χ1) is 13.6. The van der Waals surface area contributed by atoms with E-state index in [0.717, 1.165) is 10.6 Å². The van der Waals surface area contributed by atoms with Gasteiger partial charge in [-0.15, -0.1) is 11.3 Å². The number of thiophene rings is 1. The van der Waals surface area contributed by atoms with Crippen molar-refractivity contribution in [1.29, 1.82) is 0 Å². The lowest BCUT2D eigenvalue weighted by atomic mass is 10.1. The third-order valence-electron chi connectivity index (χ3n) is 4.78. The smallest absolute Gasteiger partial charge is 0.254 e. The lowest BCUT2D eigenvalue weighted by molar-refractivity contribution is -0.153. The molecule has 150 valence electrons. The van der Waals surface area contributed by atoms with E-state index in [1.165, 1.54) is 4.90 Å². The van der Waals surface area contributed by atoms with E-state index in [0.29, 0.717) is 39.1 Å². The number of rotatable bonds is 7. The zero-order valence-corrected chi connectivity index (χ0v) is 16.3. The Kier molecular flexibility index (Phi) is 7.02. The van der Waals surface area contributed by atoms with E-state index >= 15 is 0 Å². The molecule has 2 atom stereocenters. The van der Waals surface area contributed by atoms with Crippen LogP contribution in [0.25, 0.3) is 0 Å². The van der Waals surface area contributed by atoms with Gasteiger partial charge in [0.2, 0.25) is 0 Å². The highest BCUT2D eigenvalue weighted by molar-refractivity contribution is 7.09. The number of amides is 2. The number of carbonyl (C=O) groups excluding carboxylic acids is 2. The molecule has 8 heteroatoms. The summed E-state index contributed by atoms with van der Waals surface area (Å²) in [7, 11) is 0. The number of aliphatic hydroxyl groups excluding tert-OH is 2. The summed E-state index contributed by atoms with van der Waals surface area (Å²) in [5, 5.41) is 24.7. The monoisotopic (exact) mass is 403 g/mol. The zero-order chi connectivity index (χ0) is 19.9. The lowest BCUT2D eigenvalue weighted by Gasteiger charge is -2.37. The molecule has 0 saturated carbocycles. The number of benzene rings is 1. The zero-order valence-electron chi connectivity index (χ0n) is 15.5. The minimum absolute atomic E-state index is 0.340. The Morgan fingerprint density at radius 3 is 2.36 bits per heavy atom. The van der Waals surface area contributed by atoms with Gasteiger partial charge in [0.1, 0.15) is 0 Å². The van der Waals surface area contributed by atoms with E-state index in [1.54, 1.807) is 11.3 Å². The topological polar surface area (TPSA) is 93.1 Å². The number of hydrogen-bond acceptors (Lipinski definition) is 6. The van der Waals surface area contributed by atoms with E-state index in [-0.39, 0.29) is 0 Å². The van der Waals surface area contributed by atoms with Gasteiger partial charge in [0.05, 0.1) is 0 Å². The van der Waals surface area contributed by atoms with Crippen LogP contribution in [0.1, 0.15) is 4.88 Å². The second-order valence-electron chi connectivity index (χ2n) is 6.66. The summed E-state index contributed by atoms with van der Waals surface area (Å²) in [5.74, 6) is -1.35. The molecule has 0 unspecified atom stereocenters. The summed E-state index contributed by atoms with van der Waals surface area (Å²) < 4.78 is 0. The largest absolute Gasteiger partial charge is 0.380 e. The highest BCUT2D eigenvalue weighted by atomic mass is 32.1. The number of hydrogen-bond donors (Lipinski definition) is 3. The number of piperazine rings is 1. The fraction of sp³-hybridized carbons (Fsp3) is 0.400. The first-order valence-corrected chi connectivity index (χ1v) is 10.2. The maximum Gasteiger partial charge on any atom is 0.254 e. The second kappa shape index (κ2) is 9.68. The van der Waals surface area contributed by atoms with Gasteiger partial charge in [-0.05, 0) is 30.0 Å². The average molecular weight is 404 g/mol. The van der Waals surface area contributed by atoms with Crippen molar-refractivity contribution in [2.75, 3.05) is 37.6 Å². The Morgan fingerprint density at radius 2 is 1.71 bits per heavy atom. The summed E-state index contributed by atoms with van der Waals surface area (Å²) in [4.78, 5) is 29.3. The minimum Gasteiger partial charge on any atom is -0.380 e. The van der Waals surface area contributed by atoms with E-state index in [2.05, 4.69) is 10.2 Å². The molecule has 2 amide bonds. The molecule has 28 heavy (non-hydrogen) atoms. The molecule has 1 fully saturated rings. The molecule has 1 aromatic carbocycles. The minimum atomic E-state index is -1.78. The van der Waals surface area contributed by atoms with Crippen LogP contribution in [0.3, 0.4) is 0 Å². The van der Waals surface area contributed by atoms with Crippen LogP contribution in [0.15, 0.2) is 47.8 Å². The number of nitrogens with one attached hydrogen (secondary N) is 1.